The van der Waals surface area contributed by atoms with Crippen LogP contribution in [0.1, 0.15) is 33.9 Å². The molecular formula is C24H24N2. The Morgan fingerprint density at radius 3 is 1.23 bits per heavy atom. The zero-order valence-electron chi connectivity index (χ0n) is 14.9. The van der Waals surface area contributed by atoms with Gasteiger partial charge in [0.05, 0.1) is 0 Å². The molecule has 0 atom stereocenters. The van der Waals surface area contributed by atoms with E-state index in [1.165, 1.54) is 33.9 Å². The van der Waals surface area contributed by atoms with Crippen LogP contribution >= 0.6 is 0 Å². The lowest BCUT2D eigenvalue weighted by Gasteiger charge is -2.01. The standard InChI is InChI=1S/C24H24N2/c1-3-7-19(8-4-1)17-23-15-13-21(25-23)11-12-22-14-16-24(26-22)18-20-9-5-2-6-10-20/h1-10,13-16,25-26H,11-12,17-18H2. The number of benzene rings is 2. The molecule has 2 N–H and O–H groups in total. The molecule has 130 valence electrons. The van der Waals surface area contributed by atoms with Gasteiger partial charge in [0.15, 0.2) is 0 Å². The van der Waals surface area contributed by atoms with Crippen molar-refractivity contribution in [3.05, 3.63) is 119 Å². The van der Waals surface area contributed by atoms with Crippen LogP contribution in [0.15, 0.2) is 84.9 Å². The average molecular weight is 340 g/mol. The van der Waals surface area contributed by atoms with Crippen LogP contribution in [0.25, 0.3) is 0 Å². The molecule has 0 fully saturated rings. The molecule has 2 aromatic heterocycles. The van der Waals surface area contributed by atoms with Crippen LogP contribution in [0.5, 0.6) is 0 Å². The zero-order chi connectivity index (χ0) is 17.6. The third-order valence-corrected chi connectivity index (χ3v) is 4.75. The quantitative estimate of drug-likeness (QED) is 0.457. The van der Waals surface area contributed by atoms with Crippen molar-refractivity contribution in [2.45, 2.75) is 25.7 Å². The van der Waals surface area contributed by atoms with Crippen LogP contribution in [-0.4, -0.2) is 9.97 Å². The first-order valence-electron chi connectivity index (χ1n) is 9.26. The fourth-order valence-electron chi connectivity index (χ4n) is 3.38. The minimum absolute atomic E-state index is 0.963. The maximum absolute atomic E-state index is 3.56. The second-order valence-electron chi connectivity index (χ2n) is 6.84. The Labute approximate surface area is 154 Å². The van der Waals surface area contributed by atoms with Crippen molar-refractivity contribution in [1.29, 1.82) is 0 Å². The van der Waals surface area contributed by atoms with Gasteiger partial charge in [-0.1, -0.05) is 60.7 Å². The normalized spacial score (nSPS) is 10.9. The van der Waals surface area contributed by atoms with Gasteiger partial charge in [-0.3, -0.25) is 0 Å². The third kappa shape index (κ3) is 4.34. The van der Waals surface area contributed by atoms with E-state index in [1.54, 1.807) is 0 Å². The van der Waals surface area contributed by atoms with E-state index in [9.17, 15) is 0 Å². The van der Waals surface area contributed by atoms with E-state index in [-0.39, 0.29) is 0 Å². The summed E-state index contributed by atoms with van der Waals surface area (Å²) in [5, 5.41) is 0. The summed E-state index contributed by atoms with van der Waals surface area (Å²) in [4.78, 5) is 7.13. The summed E-state index contributed by atoms with van der Waals surface area (Å²) >= 11 is 0. The van der Waals surface area contributed by atoms with Crippen molar-refractivity contribution in [1.82, 2.24) is 9.97 Å². The highest BCUT2D eigenvalue weighted by molar-refractivity contribution is 5.26. The largest absolute Gasteiger partial charge is 0.362 e. The van der Waals surface area contributed by atoms with Crippen LogP contribution in [0.2, 0.25) is 0 Å². The number of hydrogen-bond acceptors (Lipinski definition) is 0. The molecule has 0 aliphatic carbocycles. The van der Waals surface area contributed by atoms with Gasteiger partial charge >= 0.3 is 0 Å². The lowest BCUT2D eigenvalue weighted by atomic mass is 10.1. The van der Waals surface area contributed by atoms with Gasteiger partial charge in [0.25, 0.3) is 0 Å². The molecule has 0 aliphatic rings. The fraction of sp³-hybridized carbons (Fsp3) is 0.167. The van der Waals surface area contributed by atoms with Crippen LogP contribution in [-0.2, 0) is 25.7 Å². The number of aryl methyl sites for hydroxylation is 2. The van der Waals surface area contributed by atoms with Gasteiger partial charge in [0.1, 0.15) is 0 Å². The van der Waals surface area contributed by atoms with Crippen molar-refractivity contribution in [2.75, 3.05) is 0 Å². The predicted molar refractivity (Wildman–Crippen MR) is 107 cm³/mol. The lowest BCUT2D eigenvalue weighted by Crippen LogP contribution is -1.94. The number of aromatic nitrogens is 2. The molecule has 4 rings (SSSR count). The van der Waals surface area contributed by atoms with Gasteiger partial charge < -0.3 is 9.97 Å². The monoisotopic (exact) mass is 340 g/mol. The van der Waals surface area contributed by atoms with Crippen LogP contribution in [0.3, 0.4) is 0 Å². The van der Waals surface area contributed by atoms with Gasteiger partial charge in [0, 0.05) is 35.6 Å². The van der Waals surface area contributed by atoms with Gasteiger partial charge in [-0.2, -0.15) is 0 Å². The second kappa shape index (κ2) is 7.92. The molecule has 0 amide bonds. The summed E-state index contributed by atoms with van der Waals surface area (Å²) in [5.74, 6) is 0. The molecule has 0 aliphatic heterocycles. The Balaban J connectivity index is 1.32. The molecule has 0 saturated carbocycles. The highest BCUT2D eigenvalue weighted by atomic mass is 14.7. The summed E-state index contributed by atoms with van der Waals surface area (Å²) in [6.45, 7) is 0. The lowest BCUT2D eigenvalue weighted by molar-refractivity contribution is 0.881. The van der Waals surface area contributed by atoms with Crippen molar-refractivity contribution in [3.8, 4) is 0 Å². The van der Waals surface area contributed by atoms with Crippen molar-refractivity contribution in [3.63, 3.8) is 0 Å². The van der Waals surface area contributed by atoms with E-state index in [0.717, 1.165) is 25.7 Å². The highest BCUT2D eigenvalue weighted by Crippen LogP contribution is 2.13. The third-order valence-electron chi connectivity index (χ3n) is 4.75. The SMILES string of the molecule is c1ccc(Cc2ccc(CCc3ccc(Cc4ccccc4)[nH]3)[nH]2)cc1. The topological polar surface area (TPSA) is 31.6 Å². The average Bonchev–Trinajstić information content (AvgIpc) is 3.31. The predicted octanol–water partition coefficient (Wildman–Crippen LogP) is 5.31. The van der Waals surface area contributed by atoms with E-state index in [0.29, 0.717) is 0 Å². The summed E-state index contributed by atoms with van der Waals surface area (Å²) in [6.07, 6.45) is 3.98. The van der Waals surface area contributed by atoms with Crippen molar-refractivity contribution >= 4 is 0 Å². The molecule has 0 spiro atoms. The smallest absolute Gasteiger partial charge is 0.0193 e. The molecule has 2 aromatic carbocycles. The first kappa shape index (κ1) is 16.5. The molecule has 2 heterocycles. The number of hydrogen-bond donors (Lipinski definition) is 2. The summed E-state index contributed by atoms with van der Waals surface area (Å²) in [6, 6.07) is 30.0. The molecule has 0 radical (unpaired) electrons. The highest BCUT2D eigenvalue weighted by Gasteiger charge is 2.04. The van der Waals surface area contributed by atoms with E-state index in [1.807, 2.05) is 0 Å². The first-order valence-corrected chi connectivity index (χ1v) is 9.26. The van der Waals surface area contributed by atoms with Gasteiger partial charge in [-0.15, -0.1) is 0 Å². The number of H-pyrrole nitrogens is 2. The first-order chi connectivity index (χ1) is 12.8. The van der Waals surface area contributed by atoms with E-state index >= 15 is 0 Å². The Kier molecular flexibility index (Phi) is 5.02. The molecule has 26 heavy (non-hydrogen) atoms. The Bertz CT molecular complexity index is 853. The summed E-state index contributed by atoms with van der Waals surface area (Å²) < 4.78 is 0. The minimum atomic E-state index is 0.963. The van der Waals surface area contributed by atoms with Crippen LogP contribution in [0, 0.1) is 0 Å². The number of rotatable bonds is 7. The molecule has 4 aromatic rings. The maximum Gasteiger partial charge on any atom is 0.0193 e. The molecule has 2 heteroatoms. The molecular weight excluding hydrogens is 316 g/mol. The number of nitrogens with one attached hydrogen (secondary N) is 2. The van der Waals surface area contributed by atoms with Crippen LogP contribution < -0.4 is 0 Å². The molecule has 0 bridgehead atoms. The number of aromatic amines is 2. The van der Waals surface area contributed by atoms with E-state index in [2.05, 4.69) is 94.9 Å². The van der Waals surface area contributed by atoms with Gasteiger partial charge in [0.2, 0.25) is 0 Å². The zero-order valence-corrected chi connectivity index (χ0v) is 14.9. The Morgan fingerprint density at radius 2 is 0.808 bits per heavy atom. The molecule has 0 unspecified atom stereocenters. The summed E-state index contributed by atoms with van der Waals surface area (Å²) in [5.41, 5.74) is 7.85. The van der Waals surface area contributed by atoms with Gasteiger partial charge in [-0.05, 0) is 48.2 Å². The van der Waals surface area contributed by atoms with Crippen molar-refractivity contribution in [2.24, 2.45) is 0 Å². The van der Waals surface area contributed by atoms with Crippen molar-refractivity contribution < 1.29 is 0 Å². The Hall–Kier alpha value is -3.00. The van der Waals surface area contributed by atoms with Crippen LogP contribution in [0.4, 0.5) is 0 Å². The van der Waals surface area contributed by atoms with E-state index < -0.39 is 0 Å². The maximum atomic E-state index is 3.56. The minimum Gasteiger partial charge on any atom is -0.362 e. The summed E-state index contributed by atoms with van der Waals surface area (Å²) in [7, 11) is 0. The second-order valence-corrected chi connectivity index (χ2v) is 6.84. The molecule has 0 saturated heterocycles. The van der Waals surface area contributed by atoms with E-state index in [4.69, 9.17) is 0 Å². The van der Waals surface area contributed by atoms with Gasteiger partial charge in [-0.25, -0.2) is 0 Å². The fourth-order valence-corrected chi connectivity index (χ4v) is 3.38. The Morgan fingerprint density at radius 1 is 0.423 bits per heavy atom. The molecule has 2 nitrogen and oxygen atoms in total.